The first-order valence-corrected chi connectivity index (χ1v) is 8.73. The van der Waals surface area contributed by atoms with Crippen LogP contribution in [0.3, 0.4) is 0 Å². The standard InChI is InChI=1S/C18H27ClFN/c1-3-11-21-18(14-9-10-17(20)16(19)12-14)15-8-6-5-7-13(15)4-2/h9-10,12-13,15,18,21H,3-8,11H2,1-2H3. The van der Waals surface area contributed by atoms with Gasteiger partial charge in [0.25, 0.3) is 0 Å². The van der Waals surface area contributed by atoms with Crippen molar-refractivity contribution in [2.24, 2.45) is 11.8 Å². The largest absolute Gasteiger partial charge is 0.310 e. The molecule has 3 unspecified atom stereocenters. The highest BCUT2D eigenvalue weighted by Crippen LogP contribution is 2.40. The zero-order valence-electron chi connectivity index (χ0n) is 13.2. The van der Waals surface area contributed by atoms with Gasteiger partial charge >= 0.3 is 0 Å². The second-order valence-electron chi connectivity index (χ2n) is 6.22. The smallest absolute Gasteiger partial charge is 0.141 e. The zero-order valence-corrected chi connectivity index (χ0v) is 13.9. The molecule has 0 aliphatic heterocycles. The van der Waals surface area contributed by atoms with Gasteiger partial charge in [0.05, 0.1) is 5.02 Å². The molecule has 3 heteroatoms. The van der Waals surface area contributed by atoms with Crippen LogP contribution in [0, 0.1) is 17.7 Å². The maximum atomic E-state index is 13.4. The van der Waals surface area contributed by atoms with Gasteiger partial charge in [0.2, 0.25) is 0 Å². The Balaban J connectivity index is 2.25. The minimum atomic E-state index is -0.328. The first-order valence-electron chi connectivity index (χ1n) is 8.35. The van der Waals surface area contributed by atoms with Crippen LogP contribution in [0.4, 0.5) is 4.39 Å². The van der Waals surface area contributed by atoms with Crippen molar-refractivity contribution in [3.63, 3.8) is 0 Å². The van der Waals surface area contributed by atoms with Crippen molar-refractivity contribution in [1.29, 1.82) is 0 Å². The molecule has 1 aromatic rings. The summed E-state index contributed by atoms with van der Waals surface area (Å²) in [5.41, 5.74) is 1.14. The number of rotatable bonds is 6. The van der Waals surface area contributed by atoms with E-state index in [-0.39, 0.29) is 10.8 Å². The molecular formula is C18H27ClFN. The third-order valence-electron chi connectivity index (χ3n) is 4.84. The van der Waals surface area contributed by atoms with E-state index in [9.17, 15) is 4.39 Å². The van der Waals surface area contributed by atoms with E-state index >= 15 is 0 Å². The van der Waals surface area contributed by atoms with Crippen molar-refractivity contribution >= 4 is 11.6 Å². The number of nitrogens with one attached hydrogen (secondary N) is 1. The van der Waals surface area contributed by atoms with E-state index in [2.05, 4.69) is 19.2 Å². The van der Waals surface area contributed by atoms with Crippen LogP contribution in [-0.4, -0.2) is 6.54 Å². The summed E-state index contributed by atoms with van der Waals surface area (Å²) in [6.45, 7) is 5.46. The van der Waals surface area contributed by atoms with Crippen LogP contribution in [0.1, 0.15) is 64.0 Å². The van der Waals surface area contributed by atoms with E-state index in [0.717, 1.165) is 24.4 Å². The summed E-state index contributed by atoms with van der Waals surface area (Å²) in [4.78, 5) is 0. The molecule has 1 aliphatic carbocycles. The Hall–Kier alpha value is -0.600. The summed E-state index contributed by atoms with van der Waals surface area (Å²) < 4.78 is 13.4. The first kappa shape index (κ1) is 16.8. The average Bonchev–Trinajstić information content (AvgIpc) is 2.51. The summed E-state index contributed by atoms with van der Waals surface area (Å²) in [6.07, 6.45) is 7.56. The fraction of sp³-hybridized carbons (Fsp3) is 0.667. The molecule has 0 aromatic heterocycles. The third-order valence-corrected chi connectivity index (χ3v) is 5.13. The Morgan fingerprint density at radius 2 is 2.05 bits per heavy atom. The Labute approximate surface area is 133 Å². The lowest BCUT2D eigenvalue weighted by Crippen LogP contribution is -2.35. The van der Waals surface area contributed by atoms with Gasteiger partial charge in [0, 0.05) is 6.04 Å². The van der Waals surface area contributed by atoms with Crippen LogP contribution in [0.25, 0.3) is 0 Å². The molecule has 0 amide bonds. The second-order valence-corrected chi connectivity index (χ2v) is 6.63. The summed E-state index contributed by atoms with van der Waals surface area (Å²) in [5.74, 6) is 1.07. The Morgan fingerprint density at radius 3 is 2.71 bits per heavy atom. The highest BCUT2D eigenvalue weighted by atomic mass is 35.5. The number of hydrogen-bond donors (Lipinski definition) is 1. The second kappa shape index (κ2) is 8.14. The van der Waals surface area contributed by atoms with Crippen LogP contribution in [0.2, 0.25) is 5.02 Å². The molecule has 1 aliphatic rings. The maximum Gasteiger partial charge on any atom is 0.141 e. The molecule has 1 nitrogen and oxygen atoms in total. The van der Waals surface area contributed by atoms with Crippen LogP contribution < -0.4 is 5.32 Å². The van der Waals surface area contributed by atoms with Gasteiger partial charge in [0.1, 0.15) is 5.82 Å². The van der Waals surface area contributed by atoms with Crippen molar-refractivity contribution in [3.05, 3.63) is 34.6 Å². The molecule has 1 N–H and O–H groups in total. The lowest BCUT2D eigenvalue weighted by Gasteiger charge is -2.38. The van der Waals surface area contributed by atoms with Gasteiger partial charge in [-0.15, -0.1) is 0 Å². The molecule has 0 saturated heterocycles. The van der Waals surface area contributed by atoms with Gasteiger partial charge in [-0.05, 0) is 48.9 Å². The van der Waals surface area contributed by atoms with Gasteiger partial charge < -0.3 is 5.32 Å². The van der Waals surface area contributed by atoms with Crippen molar-refractivity contribution in [1.82, 2.24) is 5.32 Å². The Bertz CT molecular complexity index is 449. The molecule has 1 fully saturated rings. The van der Waals surface area contributed by atoms with Crippen LogP contribution in [0.15, 0.2) is 18.2 Å². The highest BCUT2D eigenvalue weighted by Gasteiger charge is 2.31. The van der Waals surface area contributed by atoms with E-state index < -0.39 is 0 Å². The predicted octanol–water partition coefficient (Wildman–Crippen LogP) is 5.74. The molecule has 1 saturated carbocycles. The zero-order chi connectivity index (χ0) is 15.2. The maximum absolute atomic E-state index is 13.4. The van der Waals surface area contributed by atoms with Crippen LogP contribution >= 0.6 is 11.6 Å². The topological polar surface area (TPSA) is 12.0 Å². The van der Waals surface area contributed by atoms with Crippen LogP contribution in [0.5, 0.6) is 0 Å². The van der Waals surface area contributed by atoms with Crippen LogP contribution in [-0.2, 0) is 0 Å². The van der Waals surface area contributed by atoms with E-state index in [1.54, 1.807) is 0 Å². The lowest BCUT2D eigenvalue weighted by molar-refractivity contribution is 0.175. The lowest BCUT2D eigenvalue weighted by atomic mass is 9.72. The molecule has 0 spiro atoms. The van der Waals surface area contributed by atoms with Gasteiger partial charge in [-0.1, -0.05) is 57.2 Å². The quantitative estimate of drug-likeness (QED) is 0.706. The van der Waals surface area contributed by atoms with Gasteiger partial charge in [-0.3, -0.25) is 0 Å². The molecule has 1 aromatic carbocycles. The van der Waals surface area contributed by atoms with Crippen molar-refractivity contribution in [3.8, 4) is 0 Å². The predicted molar refractivity (Wildman–Crippen MR) is 88.2 cm³/mol. The van der Waals surface area contributed by atoms with Gasteiger partial charge in [-0.2, -0.15) is 0 Å². The first-order chi connectivity index (χ1) is 10.2. The molecule has 118 valence electrons. The highest BCUT2D eigenvalue weighted by molar-refractivity contribution is 6.30. The molecule has 0 radical (unpaired) electrons. The fourth-order valence-electron chi connectivity index (χ4n) is 3.70. The molecular weight excluding hydrogens is 285 g/mol. The molecule has 3 atom stereocenters. The normalized spacial score (nSPS) is 24.0. The van der Waals surface area contributed by atoms with Gasteiger partial charge in [-0.25, -0.2) is 4.39 Å². The van der Waals surface area contributed by atoms with Crippen molar-refractivity contribution in [2.75, 3.05) is 6.54 Å². The molecule has 2 rings (SSSR count). The number of hydrogen-bond acceptors (Lipinski definition) is 1. The van der Waals surface area contributed by atoms with Gasteiger partial charge in [0.15, 0.2) is 0 Å². The monoisotopic (exact) mass is 311 g/mol. The van der Waals surface area contributed by atoms with Crippen molar-refractivity contribution in [2.45, 2.75) is 58.4 Å². The molecule has 0 bridgehead atoms. The summed E-state index contributed by atoms with van der Waals surface area (Å²) in [5, 5.41) is 3.92. The minimum absolute atomic E-state index is 0.236. The average molecular weight is 312 g/mol. The van der Waals surface area contributed by atoms with Crippen molar-refractivity contribution < 1.29 is 4.39 Å². The summed E-state index contributed by atoms with van der Waals surface area (Å²) in [7, 11) is 0. The summed E-state index contributed by atoms with van der Waals surface area (Å²) in [6, 6.07) is 5.51. The fourth-order valence-corrected chi connectivity index (χ4v) is 3.89. The van der Waals surface area contributed by atoms with E-state index in [0.29, 0.717) is 12.0 Å². The Morgan fingerprint density at radius 1 is 1.29 bits per heavy atom. The molecule has 21 heavy (non-hydrogen) atoms. The number of benzene rings is 1. The van der Waals surface area contributed by atoms with E-state index in [4.69, 9.17) is 11.6 Å². The SMILES string of the molecule is CCCNC(c1ccc(F)c(Cl)c1)C1CCCCC1CC. The van der Waals surface area contributed by atoms with E-state index in [1.807, 2.05) is 12.1 Å². The van der Waals surface area contributed by atoms with E-state index in [1.165, 1.54) is 38.2 Å². The Kier molecular flexibility index (Phi) is 6.50. The number of halogens is 2. The summed E-state index contributed by atoms with van der Waals surface area (Å²) >= 11 is 6.00. The minimum Gasteiger partial charge on any atom is -0.310 e. The molecule has 0 heterocycles. The third kappa shape index (κ3) is 4.20.